The molecule has 0 radical (unpaired) electrons. The second-order valence-corrected chi connectivity index (χ2v) is 7.03. The van der Waals surface area contributed by atoms with Crippen molar-refractivity contribution in [2.45, 2.75) is 4.90 Å². The van der Waals surface area contributed by atoms with E-state index in [2.05, 4.69) is 15.3 Å². The maximum absolute atomic E-state index is 11.8. The molecule has 0 saturated heterocycles. The summed E-state index contributed by atoms with van der Waals surface area (Å²) in [7, 11) is -3.79. The molecule has 0 unspecified atom stereocenters. The lowest BCUT2D eigenvalue weighted by atomic mass is 10.1. The predicted octanol–water partition coefficient (Wildman–Crippen LogP) is 0.648. The number of hydrogen-bond acceptors (Lipinski definition) is 5. The third kappa shape index (κ3) is 2.35. The van der Waals surface area contributed by atoms with Gasteiger partial charge in [-0.3, -0.25) is 14.6 Å². The van der Waals surface area contributed by atoms with Gasteiger partial charge < -0.3 is 5.73 Å². The van der Waals surface area contributed by atoms with Crippen LogP contribution in [-0.2, 0) is 10.0 Å². The van der Waals surface area contributed by atoms with Gasteiger partial charge in [-0.2, -0.15) is 10.2 Å². The van der Waals surface area contributed by atoms with Gasteiger partial charge in [0.2, 0.25) is 10.0 Å². The largest absolute Gasteiger partial charge is 0.364 e. The van der Waals surface area contributed by atoms with E-state index in [1.54, 1.807) is 35.1 Å². The van der Waals surface area contributed by atoms with Crippen molar-refractivity contribution in [3.8, 4) is 5.69 Å². The van der Waals surface area contributed by atoms with E-state index in [1.165, 1.54) is 12.1 Å². The number of primary amides is 1. The van der Waals surface area contributed by atoms with Crippen LogP contribution in [0.1, 0.15) is 10.5 Å². The summed E-state index contributed by atoms with van der Waals surface area (Å²) in [4.78, 5) is 11.8. The summed E-state index contributed by atoms with van der Waals surface area (Å²) in [5.74, 6) is -0.614. The second kappa shape index (κ2) is 5.13. The van der Waals surface area contributed by atoms with Gasteiger partial charge in [0.1, 0.15) is 5.69 Å². The molecule has 4 rings (SSSR count). The summed E-state index contributed by atoms with van der Waals surface area (Å²) in [5.41, 5.74) is 7.62. The Morgan fingerprint density at radius 3 is 2.44 bits per heavy atom. The molecule has 2 aromatic heterocycles. The van der Waals surface area contributed by atoms with Crippen LogP contribution in [0, 0.1) is 0 Å². The standard InChI is InChI=1S/C15H12N6O3S/c16-15(22)13-10-5-6-12-11(7-18-19-12)14(10)21(20-13)8-1-3-9(4-2-8)25(17,23)24/h1-7,20H,(H2,16,22)(H2,17,23,24). The first-order valence-corrected chi connectivity index (χ1v) is 8.69. The molecule has 0 spiro atoms. The number of nitrogens with zero attached hydrogens (tertiary/aromatic N) is 3. The van der Waals surface area contributed by atoms with E-state index in [0.717, 1.165) is 5.39 Å². The lowest BCUT2D eigenvalue weighted by Gasteiger charge is -2.06. The van der Waals surface area contributed by atoms with Crippen molar-refractivity contribution in [2.24, 2.45) is 10.9 Å². The lowest BCUT2D eigenvalue weighted by molar-refractivity contribution is 0.0996. The van der Waals surface area contributed by atoms with Crippen molar-refractivity contribution in [1.29, 1.82) is 0 Å². The molecule has 10 heteroatoms. The van der Waals surface area contributed by atoms with E-state index in [4.69, 9.17) is 10.9 Å². The third-order valence-electron chi connectivity index (χ3n) is 3.93. The van der Waals surface area contributed by atoms with Crippen LogP contribution in [0.3, 0.4) is 0 Å². The highest BCUT2D eigenvalue weighted by Gasteiger charge is 2.18. The topological polar surface area (TPSA) is 150 Å². The number of benzene rings is 2. The van der Waals surface area contributed by atoms with E-state index >= 15 is 0 Å². The minimum atomic E-state index is -3.79. The Bertz CT molecular complexity index is 1240. The number of primary sulfonamides is 1. The minimum absolute atomic E-state index is 0.00960. The summed E-state index contributed by atoms with van der Waals surface area (Å²) in [6, 6.07) is 9.40. The predicted molar refractivity (Wildman–Crippen MR) is 90.6 cm³/mol. The Morgan fingerprint density at radius 2 is 1.80 bits per heavy atom. The normalized spacial score (nSPS) is 12.0. The number of aromatic nitrogens is 4. The fourth-order valence-electron chi connectivity index (χ4n) is 2.80. The monoisotopic (exact) mass is 356 g/mol. The van der Waals surface area contributed by atoms with Gasteiger partial charge in [-0.1, -0.05) is 0 Å². The number of nitrogens with one attached hydrogen (secondary N) is 1. The molecule has 0 aliphatic carbocycles. The first-order chi connectivity index (χ1) is 11.9. The number of fused-ring (bicyclic) bond motifs is 3. The smallest absolute Gasteiger partial charge is 0.267 e. The zero-order valence-corrected chi connectivity index (χ0v) is 13.5. The minimum Gasteiger partial charge on any atom is -0.364 e. The molecule has 0 bridgehead atoms. The zero-order chi connectivity index (χ0) is 17.8. The van der Waals surface area contributed by atoms with Crippen LogP contribution >= 0.6 is 0 Å². The molecule has 1 amide bonds. The van der Waals surface area contributed by atoms with Gasteiger partial charge >= 0.3 is 0 Å². The SMILES string of the molecule is NC(=O)c1[nH]n(-c2ccc(S(N)(=O)=O)cc2)c2c1ccc1nncc12. The number of sulfonamides is 1. The molecular weight excluding hydrogens is 344 g/mol. The van der Waals surface area contributed by atoms with Gasteiger partial charge in [-0.25, -0.2) is 13.6 Å². The van der Waals surface area contributed by atoms with E-state index in [-0.39, 0.29) is 10.6 Å². The molecule has 4 aromatic rings. The number of hydrogen-bond donors (Lipinski definition) is 3. The van der Waals surface area contributed by atoms with Crippen molar-refractivity contribution >= 4 is 37.7 Å². The van der Waals surface area contributed by atoms with Crippen LogP contribution in [0.25, 0.3) is 27.5 Å². The van der Waals surface area contributed by atoms with Crippen LogP contribution in [0.15, 0.2) is 47.5 Å². The van der Waals surface area contributed by atoms with Crippen molar-refractivity contribution < 1.29 is 13.2 Å². The number of carbonyl (C=O) groups excluding carboxylic acids is 1. The van der Waals surface area contributed by atoms with Gasteiger partial charge in [0.15, 0.2) is 0 Å². The molecule has 126 valence electrons. The average Bonchev–Trinajstić information content (AvgIpc) is 3.18. The molecule has 2 aromatic carbocycles. The summed E-state index contributed by atoms with van der Waals surface area (Å²) >= 11 is 0. The van der Waals surface area contributed by atoms with E-state index in [9.17, 15) is 13.2 Å². The highest BCUT2D eigenvalue weighted by Crippen LogP contribution is 2.29. The van der Waals surface area contributed by atoms with Crippen LogP contribution in [0.2, 0.25) is 0 Å². The number of amides is 1. The van der Waals surface area contributed by atoms with E-state index < -0.39 is 15.9 Å². The maximum atomic E-state index is 11.8. The molecule has 0 aliphatic heterocycles. The molecule has 0 aliphatic rings. The van der Waals surface area contributed by atoms with Crippen LogP contribution < -0.4 is 10.9 Å². The number of H-pyrrole nitrogens is 1. The Kier molecular flexibility index (Phi) is 3.14. The first-order valence-electron chi connectivity index (χ1n) is 7.14. The van der Waals surface area contributed by atoms with E-state index in [0.29, 0.717) is 22.1 Å². The number of nitrogens with two attached hydrogens (primary N) is 2. The molecular formula is C15H12N6O3S. The highest BCUT2D eigenvalue weighted by atomic mass is 32.2. The first kappa shape index (κ1) is 15.3. The van der Waals surface area contributed by atoms with Gasteiger partial charge in [0, 0.05) is 10.8 Å². The molecule has 5 N–H and O–H groups in total. The Balaban J connectivity index is 2.04. The third-order valence-corrected chi connectivity index (χ3v) is 4.86. The fourth-order valence-corrected chi connectivity index (χ4v) is 3.31. The van der Waals surface area contributed by atoms with Crippen molar-refractivity contribution in [3.05, 3.63) is 48.3 Å². The molecule has 0 atom stereocenters. The molecule has 2 heterocycles. The Hall–Kier alpha value is -3.24. The average molecular weight is 356 g/mol. The van der Waals surface area contributed by atoms with Crippen molar-refractivity contribution in [2.75, 3.05) is 0 Å². The van der Waals surface area contributed by atoms with Crippen molar-refractivity contribution in [1.82, 2.24) is 20.0 Å². The van der Waals surface area contributed by atoms with Gasteiger partial charge in [-0.15, -0.1) is 0 Å². The molecule has 9 nitrogen and oxygen atoms in total. The lowest BCUT2D eigenvalue weighted by Crippen LogP contribution is -2.13. The molecule has 25 heavy (non-hydrogen) atoms. The maximum Gasteiger partial charge on any atom is 0.267 e. The second-order valence-electron chi connectivity index (χ2n) is 5.46. The van der Waals surface area contributed by atoms with Gasteiger partial charge in [-0.05, 0) is 36.4 Å². The van der Waals surface area contributed by atoms with E-state index in [1.807, 2.05) is 0 Å². The number of carbonyl (C=O) groups is 1. The van der Waals surface area contributed by atoms with Gasteiger partial charge in [0.25, 0.3) is 5.91 Å². The summed E-state index contributed by atoms with van der Waals surface area (Å²) in [6.07, 6.45) is 1.59. The Morgan fingerprint density at radius 1 is 1.08 bits per heavy atom. The zero-order valence-electron chi connectivity index (χ0n) is 12.7. The summed E-state index contributed by atoms with van der Waals surface area (Å²) in [6.45, 7) is 0. The van der Waals surface area contributed by atoms with Crippen LogP contribution in [0.4, 0.5) is 0 Å². The summed E-state index contributed by atoms with van der Waals surface area (Å²) in [5, 5.41) is 17.3. The van der Waals surface area contributed by atoms with Crippen molar-refractivity contribution in [3.63, 3.8) is 0 Å². The number of aromatic amines is 1. The quantitative estimate of drug-likeness (QED) is 0.492. The summed E-state index contributed by atoms with van der Waals surface area (Å²) < 4.78 is 24.5. The van der Waals surface area contributed by atoms with Crippen LogP contribution in [-0.4, -0.2) is 34.3 Å². The molecule has 0 saturated carbocycles. The molecule has 0 fully saturated rings. The Labute approximate surface area is 141 Å². The van der Waals surface area contributed by atoms with Crippen LogP contribution in [0.5, 0.6) is 0 Å². The number of rotatable bonds is 3. The highest BCUT2D eigenvalue weighted by molar-refractivity contribution is 7.89. The fraction of sp³-hybridized carbons (Fsp3) is 0. The van der Waals surface area contributed by atoms with Gasteiger partial charge in [0.05, 0.1) is 27.8 Å².